The van der Waals surface area contributed by atoms with Crippen molar-refractivity contribution in [3.63, 3.8) is 0 Å². The molecule has 0 aliphatic heterocycles. The molecule has 0 radical (unpaired) electrons. The second-order valence-electron chi connectivity index (χ2n) is 6.33. The van der Waals surface area contributed by atoms with E-state index in [1.54, 1.807) is 12.5 Å². The third kappa shape index (κ3) is 2.89. The zero-order valence-corrected chi connectivity index (χ0v) is 13.4. The van der Waals surface area contributed by atoms with Gasteiger partial charge in [0, 0.05) is 23.2 Å². The van der Waals surface area contributed by atoms with Crippen molar-refractivity contribution >= 4 is 16.7 Å². The van der Waals surface area contributed by atoms with Crippen LogP contribution in [-0.4, -0.2) is 26.1 Å². The predicted molar refractivity (Wildman–Crippen MR) is 94.9 cm³/mol. The summed E-state index contributed by atoms with van der Waals surface area (Å²) in [5.74, 6) is 1.05. The maximum absolute atomic E-state index is 10.1. The lowest BCUT2D eigenvalue weighted by atomic mass is 9.95. The summed E-state index contributed by atoms with van der Waals surface area (Å²) in [5, 5.41) is 14.6. The second kappa shape index (κ2) is 6.43. The summed E-state index contributed by atoms with van der Waals surface area (Å²) in [4.78, 5) is 12.8. The van der Waals surface area contributed by atoms with Gasteiger partial charge in [-0.1, -0.05) is 25.3 Å². The molecule has 1 aliphatic carbocycles. The molecule has 2 N–H and O–H groups in total. The van der Waals surface area contributed by atoms with E-state index in [4.69, 9.17) is 0 Å². The van der Waals surface area contributed by atoms with Crippen LogP contribution in [0.3, 0.4) is 0 Å². The lowest BCUT2D eigenvalue weighted by Crippen LogP contribution is -2.23. The lowest BCUT2D eigenvalue weighted by molar-refractivity contribution is 0.462. The van der Waals surface area contributed by atoms with E-state index >= 15 is 0 Å². The molecule has 2 aromatic heterocycles. The van der Waals surface area contributed by atoms with Crippen LogP contribution in [0.1, 0.15) is 32.1 Å². The van der Waals surface area contributed by atoms with Gasteiger partial charge in [-0.25, -0.2) is 9.97 Å². The normalized spacial score (nSPS) is 15.5. The summed E-state index contributed by atoms with van der Waals surface area (Å²) in [5.41, 5.74) is 2.60. The Morgan fingerprint density at radius 2 is 1.92 bits per heavy atom. The predicted octanol–water partition coefficient (Wildman–Crippen LogP) is 4.14. The summed E-state index contributed by atoms with van der Waals surface area (Å²) in [7, 11) is 0. The van der Waals surface area contributed by atoms with Crippen molar-refractivity contribution in [3.05, 3.63) is 43.0 Å². The molecule has 1 aliphatic rings. The Bertz CT molecular complexity index is 859. The van der Waals surface area contributed by atoms with Gasteiger partial charge in [0.05, 0.1) is 11.7 Å². The van der Waals surface area contributed by atoms with E-state index in [1.807, 2.05) is 24.3 Å². The first-order valence-corrected chi connectivity index (χ1v) is 8.46. The van der Waals surface area contributed by atoms with Gasteiger partial charge >= 0.3 is 0 Å². The van der Waals surface area contributed by atoms with E-state index in [0.717, 1.165) is 27.8 Å². The molecule has 122 valence electrons. The van der Waals surface area contributed by atoms with Crippen LogP contribution in [0.25, 0.3) is 22.0 Å². The fraction of sp³-hybridized carbons (Fsp3) is 0.316. The first-order chi connectivity index (χ1) is 11.8. The first-order valence-electron chi connectivity index (χ1n) is 8.46. The van der Waals surface area contributed by atoms with E-state index in [-0.39, 0.29) is 5.75 Å². The van der Waals surface area contributed by atoms with E-state index < -0.39 is 0 Å². The van der Waals surface area contributed by atoms with Crippen molar-refractivity contribution in [1.82, 2.24) is 15.0 Å². The summed E-state index contributed by atoms with van der Waals surface area (Å²) >= 11 is 0. The maximum atomic E-state index is 10.1. The van der Waals surface area contributed by atoms with Gasteiger partial charge in [0.1, 0.15) is 17.9 Å². The van der Waals surface area contributed by atoms with Crippen LogP contribution in [0.4, 0.5) is 5.82 Å². The number of anilines is 1. The van der Waals surface area contributed by atoms with E-state index in [9.17, 15) is 5.11 Å². The molecule has 2 heterocycles. The van der Waals surface area contributed by atoms with E-state index in [2.05, 4.69) is 20.3 Å². The fourth-order valence-corrected chi connectivity index (χ4v) is 3.41. The summed E-state index contributed by atoms with van der Waals surface area (Å²) in [6.07, 6.45) is 11.0. The van der Waals surface area contributed by atoms with Gasteiger partial charge in [-0.3, -0.25) is 4.98 Å². The number of pyridine rings is 1. The van der Waals surface area contributed by atoms with Gasteiger partial charge in [0.2, 0.25) is 0 Å². The number of aromatic hydroxyl groups is 1. The van der Waals surface area contributed by atoms with Gasteiger partial charge < -0.3 is 10.4 Å². The number of hydrogen-bond donors (Lipinski definition) is 2. The van der Waals surface area contributed by atoms with Crippen LogP contribution < -0.4 is 5.32 Å². The number of rotatable bonds is 3. The minimum atomic E-state index is 0.176. The molecule has 5 heteroatoms. The highest BCUT2D eigenvalue weighted by Crippen LogP contribution is 2.32. The summed E-state index contributed by atoms with van der Waals surface area (Å²) in [6.45, 7) is 0. The highest BCUT2D eigenvalue weighted by atomic mass is 16.3. The average molecular weight is 320 g/mol. The van der Waals surface area contributed by atoms with Crippen molar-refractivity contribution in [2.24, 2.45) is 0 Å². The summed E-state index contributed by atoms with van der Waals surface area (Å²) in [6, 6.07) is 8.27. The standard InChI is InChI=1S/C19H20N4O/c24-18-11-20-9-8-15(18)13-6-7-17-16(10-13)19(22-12-21-17)23-14-4-2-1-3-5-14/h6-12,14,24H,1-5H2,(H,21,22,23). The Morgan fingerprint density at radius 1 is 1.04 bits per heavy atom. The van der Waals surface area contributed by atoms with Gasteiger partial charge in [0.25, 0.3) is 0 Å². The quantitative estimate of drug-likeness (QED) is 0.759. The number of nitrogens with zero attached hydrogens (tertiary/aromatic N) is 3. The topological polar surface area (TPSA) is 70.9 Å². The number of fused-ring (bicyclic) bond motifs is 1. The van der Waals surface area contributed by atoms with E-state index in [0.29, 0.717) is 6.04 Å². The molecule has 0 saturated heterocycles. The van der Waals surface area contributed by atoms with Crippen LogP contribution in [0.2, 0.25) is 0 Å². The molecule has 4 rings (SSSR count). The zero-order valence-electron chi connectivity index (χ0n) is 13.4. The highest BCUT2D eigenvalue weighted by molar-refractivity contribution is 5.93. The second-order valence-corrected chi connectivity index (χ2v) is 6.33. The molecule has 0 atom stereocenters. The molecule has 5 nitrogen and oxygen atoms in total. The molecular formula is C19H20N4O. The summed E-state index contributed by atoms with van der Waals surface area (Å²) < 4.78 is 0. The molecule has 0 spiro atoms. The molecule has 1 fully saturated rings. The van der Waals surface area contributed by atoms with Crippen LogP contribution in [0, 0.1) is 0 Å². The lowest BCUT2D eigenvalue weighted by Gasteiger charge is -2.23. The minimum absolute atomic E-state index is 0.176. The molecule has 24 heavy (non-hydrogen) atoms. The number of benzene rings is 1. The van der Waals surface area contributed by atoms with Crippen molar-refractivity contribution in [3.8, 4) is 16.9 Å². The molecule has 3 aromatic rings. The Hall–Kier alpha value is -2.69. The van der Waals surface area contributed by atoms with Crippen molar-refractivity contribution in [1.29, 1.82) is 0 Å². The van der Waals surface area contributed by atoms with Crippen molar-refractivity contribution in [2.75, 3.05) is 5.32 Å². The average Bonchev–Trinajstić information content (AvgIpc) is 2.63. The van der Waals surface area contributed by atoms with Gasteiger partial charge in [-0.2, -0.15) is 0 Å². The number of aromatic nitrogens is 3. The maximum Gasteiger partial charge on any atom is 0.141 e. The Kier molecular flexibility index (Phi) is 3.99. The monoisotopic (exact) mass is 320 g/mol. The van der Waals surface area contributed by atoms with Crippen molar-refractivity contribution < 1.29 is 5.11 Å². The molecule has 0 bridgehead atoms. The van der Waals surface area contributed by atoms with Crippen LogP contribution in [0.5, 0.6) is 5.75 Å². The number of nitrogens with one attached hydrogen (secondary N) is 1. The zero-order chi connectivity index (χ0) is 16.4. The Labute approximate surface area is 140 Å². The SMILES string of the molecule is Oc1cnccc1-c1ccc2ncnc(NC3CCCCC3)c2c1. The number of hydrogen-bond acceptors (Lipinski definition) is 5. The molecular weight excluding hydrogens is 300 g/mol. The largest absolute Gasteiger partial charge is 0.506 e. The third-order valence-electron chi connectivity index (χ3n) is 4.69. The van der Waals surface area contributed by atoms with Crippen molar-refractivity contribution in [2.45, 2.75) is 38.1 Å². The molecule has 1 aromatic carbocycles. The van der Waals surface area contributed by atoms with Crippen LogP contribution >= 0.6 is 0 Å². The van der Waals surface area contributed by atoms with Crippen LogP contribution in [0.15, 0.2) is 43.0 Å². The van der Waals surface area contributed by atoms with Crippen LogP contribution in [-0.2, 0) is 0 Å². The Balaban J connectivity index is 1.74. The van der Waals surface area contributed by atoms with Gasteiger partial charge in [-0.05, 0) is 36.6 Å². The third-order valence-corrected chi connectivity index (χ3v) is 4.69. The van der Waals surface area contributed by atoms with Gasteiger partial charge in [0.15, 0.2) is 0 Å². The van der Waals surface area contributed by atoms with Gasteiger partial charge in [-0.15, -0.1) is 0 Å². The molecule has 1 saturated carbocycles. The smallest absolute Gasteiger partial charge is 0.141 e. The van der Waals surface area contributed by atoms with E-state index in [1.165, 1.54) is 38.3 Å². The first kappa shape index (κ1) is 14.9. The molecule has 0 unspecified atom stereocenters. The molecule has 0 amide bonds. The highest BCUT2D eigenvalue weighted by Gasteiger charge is 2.15. The minimum Gasteiger partial charge on any atom is -0.506 e. The fourth-order valence-electron chi connectivity index (χ4n) is 3.41. The Morgan fingerprint density at radius 3 is 2.75 bits per heavy atom.